The molecule has 0 aromatic carbocycles. The van der Waals surface area contributed by atoms with Crippen LogP contribution < -0.4 is 10.6 Å². The van der Waals surface area contributed by atoms with Gasteiger partial charge in [-0.1, -0.05) is 0 Å². The summed E-state index contributed by atoms with van der Waals surface area (Å²) in [5, 5.41) is 21.5. The fourth-order valence-electron chi connectivity index (χ4n) is 1.47. The minimum Gasteiger partial charge on any atom is -0.481 e. The molecule has 1 heterocycles. The number of rotatable bonds is 5. The zero-order chi connectivity index (χ0) is 13.0. The van der Waals surface area contributed by atoms with Crippen LogP contribution in [0.4, 0.5) is 0 Å². The van der Waals surface area contributed by atoms with E-state index in [-0.39, 0.29) is 12.8 Å². The number of carboxylic acids is 2. The van der Waals surface area contributed by atoms with E-state index in [1.165, 1.54) is 0 Å². The molecule has 4 N–H and O–H groups in total. The van der Waals surface area contributed by atoms with Gasteiger partial charge in [-0.15, -0.1) is 0 Å². The van der Waals surface area contributed by atoms with E-state index in [0.29, 0.717) is 0 Å². The lowest BCUT2D eigenvalue weighted by atomic mass is 10.0. The highest BCUT2D eigenvalue weighted by molar-refractivity contribution is 5.98. The molecule has 2 amide bonds. The van der Waals surface area contributed by atoms with Crippen LogP contribution in [0.5, 0.6) is 0 Å². The van der Waals surface area contributed by atoms with Gasteiger partial charge in [0, 0.05) is 6.42 Å². The number of hydrogen-bond acceptors (Lipinski definition) is 4. The molecule has 17 heavy (non-hydrogen) atoms. The molecule has 94 valence electrons. The second-order valence-electron chi connectivity index (χ2n) is 3.65. The van der Waals surface area contributed by atoms with Crippen LogP contribution in [0, 0.1) is 0 Å². The molecule has 0 aliphatic carbocycles. The van der Waals surface area contributed by atoms with E-state index in [4.69, 9.17) is 10.2 Å². The summed E-state index contributed by atoms with van der Waals surface area (Å²) < 4.78 is 0. The van der Waals surface area contributed by atoms with Crippen LogP contribution in [-0.2, 0) is 19.2 Å². The van der Waals surface area contributed by atoms with Crippen molar-refractivity contribution in [3.05, 3.63) is 0 Å². The van der Waals surface area contributed by atoms with Crippen molar-refractivity contribution < 1.29 is 29.4 Å². The summed E-state index contributed by atoms with van der Waals surface area (Å²) in [4.78, 5) is 43.6. The molecule has 2 unspecified atom stereocenters. The number of carbonyl (C=O) groups excluding carboxylic acids is 2. The average molecular weight is 244 g/mol. The van der Waals surface area contributed by atoms with Crippen molar-refractivity contribution in [3.63, 3.8) is 0 Å². The first-order valence-electron chi connectivity index (χ1n) is 4.94. The molecule has 0 aromatic heterocycles. The first kappa shape index (κ1) is 12.9. The molecule has 1 rings (SSSR count). The Balaban J connectivity index is 2.55. The molecule has 1 aliphatic heterocycles. The van der Waals surface area contributed by atoms with Crippen LogP contribution in [0.25, 0.3) is 0 Å². The molecule has 0 aromatic rings. The van der Waals surface area contributed by atoms with E-state index >= 15 is 0 Å². The third-order valence-corrected chi connectivity index (χ3v) is 2.29. The molecule has 0 bridgehead atoms. The molecule has 1 saturated heterocycles. The number of piperazine rings is 1. The van der Waals surface area contributed by atoms with E-state index in [9.17, 15) is 19.2 Å². The van der Waals surface area contributed by atoms with E-state index < -0.39 is 42.3 Å². The van der Waals surface area contributed by atoms with Gasteiger partial charge < -0.3 is 20.8 Å². The lowest BCUT2D eigenvalue weighted by Gasteiger charge is -2.28. The Morgan fingerprint density at radius 1 is 1.00 bits per heavy atom. The third-order valence-electron chi connectivity index (χ3n) is 2.29. The summed E-state index contributed by atoms with van der Waals surface area (Å²) in [5.41, 5.74) is 0. The number of hydrogen-bond donors (Lipinski definition) is 4. The maximum Gasteiger partial charge on any atom is 0.305 e. The Hall–Kier alpha value is -2.12. The summed E-state index contributed by atoms with van der Waals surface area (Å²) in [7, 11) is 0. The third kappa shape index (κ3) is 3.74. The van der Waals surface area contributed by atoms with Gasteiger partial charge in [0.2, 0.25) is 11.8 Å². The monoisotopic (exact) mass is 244 g/mol. The Kier molecular flexibility index (Phi) is 4.02. The van der Waals surface area contributed by atoms with E-state index in [1.807, 2.05) is 0 Å². The maximum atomic E-state index is 11.4. The lowest BCUT2D eigenvalue weighted by molar-refractivity contribution is -0.143. The van der Waals surface area contributed by atoms with Crippen molar-refractivity contribution in [1.82, 2.24) is 10.6 Å². The highest BCUT2D eigenvalue weighted by atomic mass is 16.4. The summed E-state index contributed by atoms with van der Waals surface area (Å²) in [6.45, 7) is 0. The molecular formula is C9H12N2O6. The van der Waals surface area contributed by atoms with Crippen LogP contribution in [0.2, 0.25) is 0 Å². The SMILES string of the molecule is O=C(O)CCC1NC(=O)C(CC(=O)O)NC1=O. The fraction of sp³-hybridized carbons (Fsp3) is 0.556. The molecule has 1 fully saturated rings. The first-order valence-corrected chi connectivity index (χ1v) is 4.94. The van der Waals surface area contributed by atoms with Gasteiger partial charge in [-0.05, 0) is 6.42 Å². The Labute approximate surface area is 96.0 Å². The van der Waals surface area contributed by atoms with Crippen molar-refractivity contribution in [2.24, 2.45) is 0 Å². The van der Waals surface area contributed by atoms with Gasteiger partial charge in [0.25, 0.3) is 0 Å². The Morgan fingerprint density at radius 2 is 1.53 bits per heavy atom. The Bertz CT molecular complexity index is 366. The minimum absolute atomic E-state index is 0.0211. The highest BCUT2D eigenvalue weighted by Crippen LogP contribution is 2.06. The second kappa shape index (κ2) is 5.28. The topological polar surface area (TPSA) is 133 Å². The summed E-state index contributed by atoms with van der Waals surface area (Å²) >= 11 is 0. The van der Waals surface area contributed by atoms with Crippen molar-refractivity contribution in [1.29, 1.82) is 0 Å². The molecule has 8 nitrogen and oxygen atoms in total. The van der Waals surface area contributed by atoms with Crippen LogP contribution in [0.15, 0.2) is 0 Å². The van der Waals surface area contributed by atoms with Gasteiger partial charge in [-0.2, -0.15) is 0 Å². The Morgan fingerprint density at radius 3 is 2.06 bits per heavy atom. The molecular weight excluding hydrogens is 232 g/mol. The van der Waals surface area contributed by atoms with E-state index in [0.717, 1.165) is 0 Å². The highest BCUT2D eigenvalue weighted by Gasteiger charge is 2.34. The zero-order valence-corrected chi connectivity index (χ0v) is 8.80. The van der Waals surface area contributed by atoms with Crippen LogP contribution in [-0.4, -0.2) is 46.0 Å². The number of carbonyl (C=O) groups is 4. The normalized spacial score (nSPS) is 23.8. The standard InChI is InChI=1S/C9H12N2O6/c12-6(13)2-1-4-8(16)11-5(3-7(14)15)9(17)10-4/h4-5H,1-3H2,(H,10,17)(H,11,16)(H,12,13)(H,14,15). The van der Waals surface area contributed by atoms with Crippen molar-refractivity contribution in [2.75, 3.05) is 0 Å². The number of amides is 2. The maximum absolute atomic E-state index is 11.4. The van der Waals surface area contributed by atoms with E-state index in [2.05, 4.69) is 10.6 Å². The molecule has 2 atom stereocenters. The number of carboxylic acid groups (broad SMARTS) is 2. The van der Waals surface area contributed by atoms with Gasteiger partial charge in [0.15, 0.2) is 0 Å². The van der Waals surface area contributed by atoms with Crippen molar-refractivity contribution in [2.45, 2.75) is 31.3 Å². The second-order valence-corrected chi connectivity index (χ2v) is 3.65. The van der Waals surface area contributed by atoms with Crippen LogP contribution in [0.1, 0.15) is 19.3 Å². The van der Waals surface area contributed by atoms with Gasteiger partial charge in [0.1, 0.15) is 12.1 Å². The smallest absolute Gasteiger partial charge is 0.305 e. The van der Waals surface area contributed by atoms with Crippen molar-refractivity contribution >= 4 is 23.8 Å². The van der Waals surface area contributed by atoms with Crippen molar-refractivity contribution in [3.8, 4) is 0 Å². The average Bonchev–Trinajstić information content (AvgIpc) is 2.20. The summed E-state index contributed by atoms with van der Waals surface area (Å²) in [6.07, 6.45) is -0.766. The zero-order valence-electron chi connectivity index (χ0n) is 8.80. The minimum atomic E-state index is -1.20. The molecule has 8 heteroatoms. The van der Waals surface area contributed by atoms with Crippen LogP contribution >= 0.6 is 0 Å². The van der Waals surface area contributed by atoms with Gasteiger partial charge in [-0.25, -0.2) is 0 Å². The van der Waals surface area contributed by atoms with Gasteiger partial charge in [-0.3, -0.25) is 19.2 Å². The molecule has 1 aliphatic rings. The van der Waals surface area contributed by atoms with Crippen LogP contribution in [0.3, 0.4) is 0 Å². The van der Waals surface area contributed by atoms with Gasteiger partial charge >= 0.3 is 11.9 Å². The number of aliphatic carboxylic acids is 2. The lowest BCUT2D eigenvalue weighted by Crippen LogP contribution is -2.62. The molecule has 0 spiro atoms. The first-order chi connectivity index (χ1) is 7.90. The van der Waals surface area contributed by atoms with E-state index in [1.54, 1.807) is 0 Å². The quantitative estimate of drug-likeness (QED) is 0.456. The predicted molar refractivity (Wildman–Crippen MR) is 53.0 cm³/mol. The molecule has 0 radical (unpaired) electrons. The fourth-order valence-corrected chi connectivity index (χ4v) is 1.47. The number of nitrogens with one attached hydrogen (secondary N) is 2. The summed E-state index contributed by atoms with van der Waals surface area (Å²) in [6, 6.07) is -2.01. The predicted octanol–water partition coefficient (Wildman–Crippen LogP) is -1.69. The van der Waals surface area contributed by atoms with Gasteiger partial charge in [0.05, 0.1) is 6.42 Å². The molecule has 0 saturated carbocycles. The largest absolute Gasteiger partial charge is 0.481 e. The summed E-state index contributed by atoms with van der Waals surface area (Å²) in [5.74, 6) is -3.44.